The quantitative estimate of drug-likeness (QED) is 0.0931. The van der Waals surface area contributed by atoms with Crippen LogP contribution in [-0.2, 0) is 17.1 Å². The van der Waals surface area contributed by atoms with E-state index in [2.05, 4.69) is 150 Å². The topological polar surface area (TPSA) is 0 Å². The first-order valence-electron chi connectivity index (χ1n) is 14.7. The molecule has 0 radical (unpaired) electrons. The molecule has 0 bridgehead atoms. The van der Waals surface area contributed by atoms with Gasteiger partial charge in [0, 0.05) is 0 Å². The number of benzene rings is 4. The smallest absolute Gasteiger partial charge is 0.214 e. The summed E-state index contributed by atoms with van der Waals surface area (Å²) in [6.07, 6.45) is 0. The monoisotopic (exact) mass is 638 g/mol. The standard InChI is InChI=1S/C35H35P2.C5H5.Fe/c1-25-19-26(2)22-32(21-25)36(33-23-27(3)20-28(4)24-33)29(5)34-17-12-18-35(34)37(30-13-8-6-9-14-30)31-15-10-7-11-16-31;1-2-4-5-3-1;/h6-24,29H,1-5H3;1-5H;/q2*-1;+2. The van der Waals surface area contributed by atoms with Gasteiger partial charge >= 0.3 is 17.1 Å². The Labute approximate surface area is 271 Å². The molecule has 6 aromatic rings. The summed E-state index contributed by atoms with van der Waals surface area (Å²) in [6, 6.07) is 53.5. The van der Waals surface area contributed by atoms with Gasteiger partial charge in [0.1, 0.15) is 0 Å². The van der Waals surface area contributed by atoms with Crippen LogP contribution >= 0.6 is 15.8 Å². The molecule has 0 nitrogen and oxygen atoms in total. The Morgan fingerprint density at radius 3 is 1.35 bits per heavy atom. The van der Waals surface area contributed by atoms with Crippen LogP contribution in [0, 0.1) is 27.7 Å². The zero-order chi connectivity index (χ0) is 29.5. The first-order chi connectivity index (χ1) is 20.4. The molecule has 0 heterocycles. The number of rotatable bonds is 7. The summed E-state index contributed by atoms with van der Waals surface area (Å²) in [7, 11) is -1.24. The molecule has 6 aromatic carbocycles. The maximum Gasteiger partial charge on any atom is 2.00 e. The Morgan fingerprint density at radius 2 is 0.953 bits per heavy atom. The molecule has 1 atom stereocenters. The van der Waals surface area contributed by atoms with E-state index in [1.165, 1.54) is 54.3 Å². The molecule has 0 aliphatic rings. The van der Waals surface area contributed by atoms with E-state index in [9.17, 15) is 0 Å². The van der Waals surface area contributed by atoms with E-state index in [1.807, 2.05) is 30.3 Å². The van der Waals surface area contributed by atoms with E-state index in [0.717, 1.165) is 0 Å². The average molecular weight is 639 g/mol. The van der Waals surface area contributed by atoms with Crippen LogP contribution in [0.2, 0.25) is 0 Å². The molecule has 3 heteroatoms. The second-order valence-electron chi connectivity index (χ2n) is 11.1. The Morgan fingerprint density at radius 1 is 0.512 bits per heavy atom. The predicted octanol–water partition coefficient (Wildman–Crippen LogP) is 8.99. The van der Waals surface area contributed by atoms with Crippen molar-refractivity contribution in [3.63, 3.8) is 0 Å². The molecule has 43 heavy (non-hydrogen) atoms. The van der Waals surface area contributed by atoms with Gasteiger partial charge in [0.05, 0.1) is 0 Å². The fourth-order valence-electron chi connectivity index (χ4n) is 5.80. The average Bonchev–Trinajstić information content (AvgIpc) is 3.70. The van der Waals surface area contributed by atoms with Gasteiger partial charge in [-0.3, -0.25) is 0 Å². The van der Waals surface area contributed by atoms with E-state index in [1.54, 1.807) is 0 Å². The van der Waals surface area contributed by atoms with Gasteiger partial charge in [-0.25, -0.2) is 18.2 Å². The van der Waals surface area contributed by atoms with E-state index >= 15 is 0 Å². The normalized spacial score (nSPS) is 11.5. The summed E-state index contributed by atoms with van der Waals surface area (Å²) in [5.74, 6) is 0. The van der Waals surface area contributed by atoms with Crippen molar-refractivity contribution in [2.24, 2.45) is 0 Å². The molecule has 0 aliphatic carbocycles. The minimum Gasteiger partial charge on any atom is -0.214 e. The van der Waals surface area contributed by atoms with Crippen molar-refractivity contribution in [2.45, 2.75) is 40.3 Å². The third-order valence-corrected chi connectivity index (χ3v) is 12.7. The Balaban J connectivity index is 0.000000641. The minimum absolute atomic E-state index is 0. The summed E-state index contributed by atoms with van der Waals surface area (Å²) >= 11 is 0. The van der Waals surface area contributed by atoms with Crippen LogP contribution in [0.25, 0.3) is 0 Å². The second-order valence-corrected chi connectivity index (χ2v) is 15.8. The molecular weight excluding hydrogens is 598 g/mol. The van der Waals surface area contributed by atoms with Gasteiger partial charge in [-0.15, -0.1) is 5.30 Å². The van der Waals surface area contributed by atoms with E-state index in [-0.39, 0.29) is 17.1 Å². The van der Waals surface area contributed by atoms with Crippen molar-refractivity contribution in [2.75, 3.05) is 0 Å². The van der Waals surface area contributed by atoms with Gasteiger partial charge in [-0.2, -0.15) is 35.9 Å². The molecule has 0 saturated heterocycles. The van der Waals surface area contributed by atoms with Gasteiger partial charge < -0.3 is 0 Å². The fraction of sp³-hybridized carbons (Fsp3) is 0.150. The first kappa shape index (κ1) is 32.9. The molecule has 0 amide bonds. The van der Waals surface area contributed by atoms with Crippen molar-refractivity contribution in [3.8, 4) is 0 Å². The molecule has 0 fully saturated rings. The summed E-state index contributed by atoms with van der Waals surface area (Å²) in [5.41, 5.74) is 7.26. The maximum absolute atomic E-state index is 2.46. The Hall–Kier alpha value is -3.04. The molecule has 0 N–H and O–H groups in total. The van der Waals surface area contributed by atoms with Crippen LogP contribution in [-0.4, -0.2) is 0 Å². The van der Waals surface area contributed by atoms with Crippen molar-refractivity contribution < 1.29 is 17.1 Å². The van der Waals surface area contributed by atoms with Gasteiger partial charge in [-0.05, 0) is 70.4 Å². The second kappa shape index (κ2) is 15.6. The van der Waals surface area contributed by atoms with Crippen molar-refractivity contribution >= 4 is 42.4 Å². The summed E-state index contributed by atoms with van der Waals surface area (Å²) < 4.78 is 0. The van der Waals surface area contributed by atoms with Crippen LogP contribution in [0.15, 0.2) is 146 Å². The molecule has 1 unspecified atom stereocenters. The van der Waals surface area contributed by atoms with E-state index < -0.39 is 15.8 Å². The van der Waals surface area contributed by atoms with Gasteiger partial charge in [-0.1, -0.05) is 126 Å². The SMILES string of the molecule is Cc1cc(C)cc(P(c2cc(C)cc(C)c2)C(C)c2cc[cH-]c2P(c2ccccc2)c2ccccc2)c1.[Fe+2].c1cc[cH-]c1. The number of hydrogen-bond acceptors (Lipinski definition) is 0. The summed E-state index contributed by atoms with van der Waals surface area (Å²) in [4.78, 5) is 0. The van der Waals surface area contributed by atoms with Crippen molar-refractivity contribution in [3.05, 3.63) is 173 Å². The molecule has 0 spiro atoms. The zero-order valence-corrected chi connectivity index (χ0v) is 28.6. The van der Waals surface area contributed by atoms with Gasteiger partial charge in [0.25, 0.3) is 0 Å². The zero-order valence-electron chi connectivity index (χ0n) is 25.7. The molecule has 218 valence electrons. The Kier molecular flexibility index (Phi) is 11.9. The fourth-order valence-corrected chi connectivity index (χ4v) is 11.5. The molecule has 6 rings (SSSR count). The number of hydrogen-bond donors (Lipinski definition) is 0. The summed E-state index contributed by atoms with van der Waals surface area (Å²) in [5, 5.41) is 7.25. The molecule has 0 aromatic heterocycles. The van der Waals surface area contributed by atoms with Crippen LogP contribution in [0.3, 0.4) is 0 Å². The van der Waals surface area contributed by atoms with Crippen molar-refractivity contribution in [1.29, 1.82) is 0 Å². The molecule has 0 aliphatic heterocycles. The van der Waals surface area contributed by atoms with Crippen LogP contribution in [0.5, 0.6) is 0 Å². The predicted molar refractivity (Wildman–Crippen MR) is 189 cm³/mol. The maximum atomic E-state index is 2.46. The third kappa shape index (κ3) is 8.32. The van der Waals surface area contributed by atoms with Crippen LogP contribution in [0.1, 0.15) is 40.4 Å². The van der Waals surface area contributed by atoms with Crippen LogP contribution < -0.4 is 26.5 Å². The third-order valence-electron chi connectivity index (χ3n) is 7.46. The van der Waals surface area contributed by atoms with Crippen molar-refractivity contribution in [1.82, 2.24) is 0 Å². The van der Waals surface area contributed by atoms with E-state index in [4.69, 9.17) is 0 Å². The largest absolute Gasteiger partial charge is 2.00 e. The van der Waals surface area contributed by atoms with E-state index in [0.29, 0.717) is 5.66 Å². The summed E-state index contributed by atoms with van der Waals surface area (Å²) in [6.45, 7) is 11.4. The molecule has 0 saturated carbocycles. The Bertz CT molecular complexity index is 1540. The van der Waals surface area contributed by atoms with Crippen LogP contribution in [0.4, 0.5) is 0 Å². The van der Waals surface area contributed by atoms with Gasteiger partial charge in [0.2, 0.25) is 0 Å². The minimum atomic E-state index is -0.639. The van der Waals surface area contributed by atoms with Gasteiger partial charge in [0.15, 0.2) is 0 Å². The molecular formula is C40H40FeP2. The first-order valence-corrected chi connectivity index (χ1v) is 17.4. The number of aryl methyl sites for hydroxylation is 4.